The van der Waals surface area contributed by atoms with Crippen molar-refractivity contribution in [3.8, 4) is 0 Å². The third-order valence-electron chi connectivity index (χ3n) is 3.97. The minimum absolute atomic E-state index is 0.0732. The van der Waals surface area contributed by atoms with Crippen molar-refractivity contribution in [3.63, 3.8) is 0 Å². The second-order valence-corrected chi connectivity index (χ2v) is 6.52. The average molecular weight is 307 g/mol. The molecule has 0 aliphatic carbocycles. The second-order valence-electron chi connectivity index (χ2n) is 5.21. The van der Waals surface area contributed by atoms with E-state index >= 15 is 0 Å². The SMILES string of the molecule is CCSc1cccc(N2CCCCC2C(=O)NC)c1CN. The molecule has 5 heteroatoms. The first kappa shape index (κ1) is 16.2. The van der Waals surface area contributed by atoms with E-state index in [1.165, 1.54) is 10.5 Å². The molecule has 0 saturated carbocycles. The maximum absolute atomic E-state index is 12.2. The van der Waals surface area contributed by atoms with Crippen LogP contribution in [0.25, 0.3) is 0 Å². The monoisotopic (exact) mass is 307 g/mol. The number of carbonyl (C=O) groups is 1. The summed E-state index contributed by atoms with van der Waals surface area (Å²) in [5, 5.41) is 2.79. The largest absolute Gasteiger partial charge is 0.359 e. The molecular weight excluding hydrogens is 282 g/mol. The number of hydrogen-bond acceptors (Lipinski definition) is 4. The molecule has 1 aromatic carbocycles. The van der Waals surface area contributed by atoms with E-state index < -0.39 is 0 Å². The van der Waals surface area contributed by atoms with E-state index in [2.05, 4.69) is 35.3 Å². The van der Waals surface area contributed by atoms with Gasteiger partial charge in [-0.1, -0.05) is 13.0 Å². The lowest BCUT2D eigenvalue weighted by Crippen LogP contribution is -2.49. The second kappa shape index (κ2) is 7.71. The first-order chi connectivity index (χ1) is 10.2. The number of nitrogens with one attached hydrogen (secondary N) is 1. The molecule has 1 amide bonds. The van der Waals surface area contributed by atoms with Gasteiger partial charge in [0.25, 0.3) is 0 Å². The highest BCUT2D eigenvalue weighted by molar-refractivity contribution is 7.99. The third-order valence-corrected chi connectivity index (χ3v) is 4.96. The Kier molecular flexibility index (Phi) is 5.94. The number of piperidine rings is 1. The number of hydrogen-bond donors (Lipinski definition) is 2. The Morgan fingerprint density at radius 1 is 1.48 bits per heavy atom. The Labute approximate surface area is 131 Å². The molecule has 1 fully saturated rings. The van der Waals surface area contributed by atoms with E-state index in [0.29, 0.717) is 6.54 Å². The standard InChI is InChI=1S/C16H25N3OS/c1-3-21-15-9-6-8-13(12(15)11-17)19-10-5-4-7-14(19)16(20)18-2/h6,8-9,14H,3-5,7,10-11,17H2,1-2H3,(H,18,20). The fourth-order valence-corrected chi connectivity index (χ4v) is 3.83. The predicted octanol–water partition coefficient (Wildman–Crippen LogP) is 2.36. The number of anilines is 1. The number of nitrogens with zero attached hydrogens (tertiary/aromatic N) is 1. The van der Waals surface area contributed by atoms with Crippen molar-refractivity contribution in [2.24, 2.45) is 5.73 Å². The summed E-state index contributed by atoms with van der Waals surface area (Å²) in [4.78, 5) is 15.6. The van der Waals surface area contributed by atoms with Crippen molar-refractivity contribution in [3.05, 3.63) is 23.8 Å². The van der Waals surface area contributed by atoms with Crippen LogP contribution in [0.2, 0.25) is 0 Å². The van der Waals surface area contributed by atoms with Gasteiger partial charge >= 0.3 is 0 Å². The molecule has 1 aliphatic heterocycles. The van der Waals surface area contributed by atoms with Crippen molar-refractivity contribution in [2.75, 3.05) is 24.2 Å². The van der Waals surface area contributed by atoms with E-state index in [9.17, 15) is 4.79 Å². The molecule has 4 nitrogen and oxygen atoms in total. The zero-order valence-electron chi connectivity index (χ0n) is 12.9. The molecule has 116 valence electrons. The molecule has 3 N–H and O–H groups in total. The van der Waals surface area contributed by atoms with Crippen molar-refractivity contribution in [2.45, 2.75) is 43.7 Å². The zero-order valence-corrected chi connectivity index (χ0v) is 13.7. The number of rotatable bonds is 5. The van der Waals surface area contributed by atoms with Gasteiger partial charge in [0.1, 0.15) is 6.04 Å². The lowest BCUT2D eigenvalue weighted by atomic mass is 9.99. The Hall–Kier alpha value is -1.20. The lowest BCUT2D eigenvalue weighted by molar-refractivity contribution is -0.122. The number of amides is 1. The summed E-state index contributed by atoms with van der Waals surface area (Å²) in [6.45, 7) is 3.58. The Morgan fingerprint density at radius 2 is 2.29 bits per heavy atom. The van der Waals surface area contributed by atoms with Gasteiger partial charge in [-0.3, -0.25) is 4.79 Å². The van der Waals surface area contributed by atoms with Crippen molar-refractivity contribution in [1.29, 1.82) is 0 Å². The summed E-state index contributed by atoms with van der Waals surface area (Å²) in [5.41, 5.74) is 8.30. The molecule has 21 heavy (non-hydrogen) atoms. The minimum Gasteiger partial charge on any atom is -0.359 e. The number of likely N-dealkylation sites (N-methyl/N-ethyl adjacent to an activating group) is 1. The molecule has 1 atom stereocenters. The summed E-state index contributed by atoms with van der Waals surface area (Å²) in [6.07, 6.45) is 3.15. The number of benzene rings is 1. The first-order valence-electron chi connectivity index (χ1n) is 7.65. The minimum atomic E-state index is -0.0732. The molecular formula is C16H25N3OS. The van der Waals surface area contributed by atoms with Crippen LogP contribution in [0.5, 0.6) is 0 Å². The molecule has 1 heterocycles. The molecule has 1 aromatic rings. The van der Waals surface area contributed by atoms with Crippen LogP contribution in [0.15, 0.2) is 23.1 Å². The first-order valence-corrected chi connectivity index (χ1v) is 8.64. The lowest BCUT2D eigenvalue weighted by Gasteiger charge is -2.37. The van der Waals surface area contributed by atoms with Crippen molar-refractivity contribution >= 4 is 23.4 Å². The van der Waals surface area contributed by atoms with Crippen molar-refractivity contribution < 1.29 is 4.79 Å². The fraction of sp³-hybridized carbons (Fsp3) is 0.562. The summed E-state index contributed by atoms with van der Waals surface area (Å²) in [7, 11) is 1.71. The number of nitrogens with two attached hydrogens (primary N) is 1. The van der Waals surface area contributed by atoms with Gasteiger partial charge in [-0.15, -0.1) is 11.8 Å². The third kappa shape index (κ3) is 3.52. The van der Waals surface area contributed by atoms with Crippen LogP contribution in [0.1, 0.15) is 31.7 Å². The van der Waals surface area contributed by atoms with Crippen LogP contribution in [0.3, 0.4) is 0 Å². The maximum Gasteiger partial charge on any atom is 0.242 e. The molecule has 1 unspecified atom stereocenters. The summed E-state index contributed by atoms with van der Waals surface area (Å²) in [6, 6.07) is 6.22. The van der Waals surface area contributed by atoms with Crippen LogP contribution in [-0.4, -0.2) is 31.3 Å². The van der Waals surface area contributed by atoms with Gasteiger partial charge in [0.05, 0.1) is 0 Å². The fourth-order valence-electron chi connectivity index (χ4n) is 2.98. The van der Waals surface area contributed by atoms with Gasteiger partial charge in [0.2, 0.25) is 5.91 Å². The van der Waals surface area contributed by atoms with Gasteiger partial charge in [0.15, 0.2) is 0 Å². The van der Waals surface area contributed by atoms with E-state index in [0.717, 1.165) is 37.2 Å². The van der Waals surface area contributed by atoms with Crippen LogP contribution >= 0.6 is 11.8 Å². The Balaban J connectivity index is 2.38. The summed E-state index contributed by atoms with van der Waals surface area (Å²) in [5.74, 6) is 1.13. The van der Waals surface area contributed by atoms with Crippen LogP contribution < -0.4 is 16.0 Å². The highest BCUT2D eigenvalue weighted by atomic mass is 32.2. The van der Waals surface area contributed by atoms with Crippen LogP contribution in [0, 0.1) is 0 Å². The smallest absolute Gasteiger partial charge is 0.242 e. The van der Waals surface area contributed by atoms with E-state index in [1.807, 2.05) is 11.8 Å². The number of carbonyl (C=O) groups excluding carboxylic acids is 1. The zero-order chi connectivity index (χ0) is 15.2. The topological polar surface area (TPSA) is 58.4 Å². The van der Waals surface area contributed by atoms with Gasteiger partial charge in [-0.25, -0.2) is 0 Å². The van der Waals surface area contributed by atoms with E-state index in [-0.39, 0.29) is 11.9 Å². The summed E-state index contributed by atoms with van der Waals surface area (Å²) < 4.78 is 0. The Bertz CT molecular complexity index is 492. The van der Waals surface area contributed by atoms with Gasteiger partial charge in [-0.2, -0.15) is 0 Å². The molecule has 0 spiro atoms. The van der Waals surface area contributed by atoms with E-state index in [4.69, 9.17) is 5.73 Å². The Morgan fingerprint density at radius 3 is 2.95 bits per heavy atom. The van der Waals surface area contributed by atoms with Crippen LogP contribution in [-0.2, 0) is 11.3 Å². The van der Waals surface area contributed by atoms with Gasteiger partial charge in [0, 0.05) is 36.3 Å². The van der Waals surface area contributed by atoms with Crippen LogP contribution in [0.4, 0.5) is 5.69 Å². The normalized spacial score (nSPS) is 18.6. The highest BCUT2D eigenvalue weighted by Crippen LogP contribution is 2.34. The molecule has 0 aromatic heterocycles. The average Bonchev–Trinajstić information content (AvgIpc) is 2.54. The molecule has 2 rings (SSSR count). The van der Waals surface area contributed by atoms with E-state index in [1.54, 1.807) is 7.05 Å². The number of thioether (sulfide) groups is 1. The quantitative estimate of drug-likeness (QED) is 0.820. The maximum atomic E-state index is 12.2. The van der Waals surface area contributed by atoms with Crippen molar-refractivity contribution in [1.82, 2.24) is 5.32 Å². The molecule has 0 radical (unpaired) electrons. The molecule has 1 saturated heterocycles. The predicted molar refractivity (Wildman–Crippen MR) is 89.8 cm³/mol. The summed E-state index contributed by atoms with van der Waals surface area (Å²) >= 11 is 1.81. The molecule has 0 bridgehead atoms. The van der Waals surface area contributed by atoms with Gasteiger partial charge in [-0.05, 0) is 37.1 Å². The van der Waals surface area contributed by atoms with Gasteiger partial charge < -0.3 is 16.0 Å². The highest BCUT2D eigenvalue weighted by Gasteiger charge is 2.29. The molecule has 1 aliphatic rings.